The molecule has 1 N–H and O–H groups in total. The van der Waals surface area contributed by atoms with Crippen molar-refractivity contribution in [2.75, 3.05) is 13.1 Å². The van der Waals surface area contributed by atoms with E-state index >= 15 is 0 Å². The van der Waals surface area contributed by atoms with Crippen LogP contribution in [0.15, 0.2) is 24.3 Å². The Hall–Kier alpha value is -0.860. The molecule has 2 fully saturated rings. The first-order valence-electron chi connectivity index (χ1n) is 7.34. The van der Waals surface area contributed by atoms with Crippen LogP contribution in [0.5, 0.6) is 0 Å². The molecule has 0 radical (unpaired) electrons. The zero-order valence-electron chi connectivity index (χ0n) is 11.4. The highest BCUT2D eigenvalue weighted by molar-refractivity contribution is 5.21. The summed E-state index contributed by atoms with van der Waals surface area (Å²) in [7, 11) is 0. The maximum atomic E-state index is 3.62. The summed E-state index contributed by atoms with van der Waals surface area (Å²) < 4.78 is 0. The van der Waals surface area contributed by atoms with Crippen molar-refractivity contribution < 1.29 is 0 Å². The van der Waals surface area contributed by atoms with Gasteiger partial charge in [0.05, 0.1) is 0 Å². The van der Waals surface area contributed by atoms with Gasteiger partial charge in [0.1, 0.15) is 0 Å². The Labute approximate surface area is 110 Å². The second-order valence-electron chi connectivity index (χ2n) is 5.94. The molecule has 3 rings (SSSR count). The van der Waals surface area contributed by atoms with Crippen LogP contribution in [0.4, 0.5) is 0 Å². The molecule has 0 amide bonds. The maximum absolute atomic E-state index is 3.62. The zero-order valence-corrected chi connectivity index (χ0v) is 11.4. The number of nitrogens with zero attached hydrogens (tertiary/aromatic N) is 1. The van der Waals surface area contributed by atoms with Gasteiger partial charge in [-0.1, -0.05) is 29.8 Å². The summed E-state index contributed by atoms with van der Waals surface area (Å²) in [6, 6.07) is 10.6. The molecular formula is C16H24N2. The van der Waals surface area contributed by atoms with Gasteiger partial charge in [-0.2, -0.15) is 0 Å². The van der Waals surface area contributed by atoms with Crippen molar-refractivity contribution in [1.29, 1.82) is 0 Å². The minimum Gasteiger partial charge on any atom is -0.313 e. The molecule has 1 atom stereocenters. The van der Waals surface area contributed by atoms with Crippen molar-refractivity contribution in [3.05, 3.63) is 35.4 Å². The molecule has 98 valence electrons. The summed E-state index contributed by atoms with van der Waals surface area (Å²) in [6.07, 6.45) is 5.52. The van der Waals surface area contributed by atoms with Crippen molar-refractivity contribution in [3.63, 3.8) is 0 Å². The first-order chi connectivity index (χ1) is 8.81. The number of hydrogen-bond acceptors (Lipinski definition) is 2. The molecule has 1 saturated carbocycles. The first kappa shape index (κ1) is 12.2. The molecule has 2 nitrogen and oxygen atoms in total. The van der Waals surface area contributed by atoms with E-state index < -0.39 is 0 Å². The summed E-state index contributed by atoms with van der Waals surface area (Å²) in [5.41, 5.74) is 2.82. The molecule has 1 aromatic rings. The van der Waals surface area contributed by atoms with Crippen LogP contribution in [0.3, 0.4) is 0 Å². The summed E-state index contributed by atoms with van der Waals surface area (Å²) in [6.45, 7) is 5.74. The van der Waals surface area contributed by atoms with Crippen molar-refractivity contribution in [1.82, 2.24) is 10.2 Å². The van der Waals surface area contributed by atoms with E-state index in [0.29, 0.717) is 0 Å². The third-order valence-corrected chi connectivity index (χ3v) is 4.19. The molecule has 1 aliphatic carbocycles. The molecule has 2 heteroatoms. The Balaban J connectivity index is 1.60. The van der Waals surface area contributed by atoms with Crippen LogP contribution in [-0.4, -0.2) is 30.1 Å². The Kier molecular flexibility index (Phi) is 3.67. The van der Waals surface area contributed by atoms with Crippen LogP contribution in [0, 0.1) is 6.92 Å². The maximum Gasteiger partial charge on any atom is 0.0237 e. The van der Waals surface area contributed by atoms with Gasteiger partial charge in [0.25, 0.3) is 0 Å². The van der Waals surface area contributed by atoms with Gasteiger partial charge in [0.2, 0.25) is 0 Å². The summed E-state index contributed by atoms with van der Waals surface area (Å²) in [5, 5.41) is 3.62. The van der Waals surface area contributed by atoms with Gasteiger partial charge in [0.15, 0.2) is 0 Å². The highest BCUT2D eigenvalue weighted by Crippen LogP contribution is 2.29. The topological polar surface area (TPSA) is 15.3 Å². The van der Waals surface area contributed by atoms with Crippen LogP contribution in [0.2, 0.25) is 0 Å². The van der Waals surface area contributed by atoms with Crippen LogP contribution in [-0.2, 0) is 6.54 Å². The second kappa shape index (κ2) is 5.41. The lowest BCUT2D eigenvalue weighted by atomic mass is 10.1. The summed E-state index contributed by atoms with van der Waals surface area (Å²) in [4.78, 5) is 2.69. The van der Waals surface area contributed by atoms with E-state index in [1.165, 1.54) is 49.9 Å². The van der Waals surface area contributed by atoms with Gasteiger partial charge < -0.3 is 5.32 Å². The van der Waals surface area contributed by atoms with Crippen molar-refractivity contribution in [2.24, 2.45) is 0 Å². The molecule has 1 aromatic carbocycles. The van der Waals surface area contributed by atoms with Crippen LogP contribution >= 0.6 is 0 Å². The number of nitrogens with one attached hydrogen (secondary N) is 1. The Morgan fingerprint density at radius 1 is 1.17 bits per heavy atom. The number of benzene rings is 1. The quantitative estimate of drug-likeness (QED) is 0.856. The smallest absolute Gasteiger partial charge is 0.0237 e. The third kappa shape index (κ3) is 3.12. The average Bonchev–Trinajstić information content (AvgIpc) is 3.10. The lowest BCUT2D eigenvalue weighted by Crippen LogP contribution is -2.38. The molecule has 0 spiro atoms. The molecule has 1 heterocycles. The van der Waals surface area contributed by atoms with Crippen LogP contribution in [0.1, 0.15) is 36.8 Å². The van der Waals surface area contributed by atoms with E-state index in [1.807, 2.05) is 0 Å². The molecule has 2 aliphatic rings. The number of hydrogen-bond donors (Lipinski definition) is 1. The minimum atomic E-state index is 0.732. The van der Waals surface area contributed by atoms with E-state index in [4.69, 9.17) is 0 Å². The second-order valence-corrected chi connectivity index (χ2v) is 5.94. The van der Waals surface area contributed by atoms with Gasteiger partial charge in [-0.05, 0) is 44.7 Å². The Bertz CT molecular complexity index is 375. The lowest BCUT2D eigenvalue weighted by molar-refractivity contribution is 0.231. The van der Waals surface area contributed by atoms with E-state index in [-0.39, 0.29) is 0 Å². The van der Waals surface area contributed by atoms with Crippen LogP contribution in [0.25, 0.3) is 0 Å². The van der Waals surface area contributed by atoms with Crippen LogP contribution < -0.4 is 5.32 Å². The largest absolute Gasteiger partial charge is 0.313 e. The molecule has 1 unspecified atom stereocenters. The Morgan fingerprint density at radius 3 is 2.56 bits per heavy atom. The predicted molar refractivity (Wildman–Crippen MR) is 75.6 cm³/mol. The molecular weight excluding hydrogens is 220 g/mol. The molecule has 18 heavy (non-hydrogen) atoms. The van der Waals surface area contributed by atoms with Gasteiger partial charge in [-0.25, -0.2) is 0 Å². The standard InChI is InChI=1S/C16H24N2/c1-13-4-6-14(7-5-13)11-18(16-8-9-16)12-15-3-2-10-17-15/h4-7,15-17H,2-3,8-12H2,1H3. The van der Waals surface area contributed by atoms with Crippen molar-refractivity contribution in [3.8, 4) is 0 Å². The molecule has 1 saturated heterocycles. The zero-order chi connectivity index (χ0) is 12.4. The predicted octanol–water partition coefficient (Wildman–Crippen LogP) is 2.71. The SMILES string of the molecule is Cc1ccc(CN(CC2CCCN2)C2CC2)cc1. The summed E-state index contributed by atoms with van der Waals surface area (Å²) in [5.74, 6) is 0. The Morgan fingerprint density at radius 2 is 1.94 bits per heavy atom. The minimum absolute atomic E-state index is 0.732. The third-order valence-electron chi connectivity index (χ3n) is 4.19. The monoisotopic (exact) mass is 244 g/mol. The van der Waals surface area contributed by atoms with Gasteiger partial charge >= 0.3 is 0 Å². The summed E-state index contributed by atoms with van der Waals surface area (Å²) >= 11 is 0. The number of aryl methyl sites for hydroxylation is 1. The molecule has 1 aliphatic heterocycles. The fraction of sp³-hybridized carbons (Fsp3) is 0.625. The number of rotatable bonds is 5. The van der Waals surface area contributed by atoms with Gasteiger partial charge in [0, 0.05) is 25.2 Å². The lowest BCUT2D eigenvalue weighted by Gasteiger charge is -2.25. The van der Waals surface area contributed by atoms with Crippen molar-refractivity contribution >= 4 is 0 Å². The highest BCUT2D eigenvalue weighted by Gasteiger charge is 2.31. The van der Waals surface area contributed by atoms with E-state index in [1.54, 1.807) is 0 Å². The van der Waals surface area contributed by atoms with Gasteiger partial charge in [-0.3, -0.25) is 4.90 Å². The van der Waals surface area contributed by atoms with Crippen molar-refractivity contribution in [2.45, 2.75) is 51.2 Å². The van der Waals surface area contributed by atoms with E-state index in [9.17, 15) is 0 Å². The molecule has 0 aromatic heterocycles. The average molecular weight is 244 g/mol. The fourth-order valence-electron chi connectivity index (χ4n) is 2.91. The first-order valence-corrected chi connectivity index (χ1v) is 7.34. The highest BCUT2D eigenvalue weighted by atomic mass is 15.2. The van der Waals surface area contributed by atoms with E-state index in [2.05, 4.69) is 41.4 Å². The normalized spacial score (nSPS) is 23.8. The van der Waals surface area contributed by atoms with Gasteiger partial charge in [-0.15, -0.1) is 0 Å². The fourth-order valence-corrected chi connectivity index (χ4v) is 2.91. The van der Waals surface area contributed by atoms with E-state index in [0.717, 1.165) is 18.6 Å². The molecule has 0 bridgehead atoms.